The zero-order valence-corrected chi connectivity index (χ0v) is 14.3. The van der Waals surface area contributed by atoms with Crippen LogP contribution in [-0.2, 0) is 4.74 Å². The molecule has 6 heteroatoms. The zero-order valence-electron chi connectivity index (χ0n) is 14.3. The van der Waals surface area contributed by atoms with E-state index in [1.807, 2.05) is 36.5 Å². The average Bonchev–Trinajstić information content (AvgIpc) is 3.34. The molecule has 2 aromatic rings. The third-order valence-electron chi connectivity index (χ3n) is 5.10. The molecular weight excluding hydrogens is 316 g/mol. The van der Waals surface area contributed by atoms with Crippen molar-refractivity contribution in [2.45, 2.75) is 31.3 Å². The normalized spacial score (nSPS) is 24.3. The molecule has 0 unspecified atom stereocenters. The van der Waals surface area contributed by atoms with Gasteiger partial charge in [-0.05, 0) is 50.2 Å². The van der Waals surface area contributed by atoms with Crippen molar-refractivity contribution in [3.63, 3.8) is 0 Å². The highest BCUT2D eigenvalue weighted by atomic mass is 16.5. The van der Waals surface area contributed by atoms with Crippen LogP contribution in [0.5, 0.6) is 0 Å². The van der Waals surface area contributed by atoms with Crippen molar-refractivity contribution in [3.8, 4) is 5.69 Å². The maximum absolute atomic E-state index is 12.7. The topological polar surface area (TPSA) is 59.4 Å². The number of carbonyl (C=O) groups is 1. The lowest BCUT2D eigenvalue weighted by Crippen LogP contribution is -2.52. The molecular formula is C19H24N4O2. The van der Waals surface area contributed by atoms with Gasteiger partial charge in [0.05, 0.1) is 31.0 Å². The highest BCUT2D eigenvalue weighted by molar-refractivity contribution is 5.95. The summed E-state index contributed by atoms with van der Waals surface area (Å²) in [6, 6.07) is 9.75. The molecule has 2 atom stereocenters. The summed E-state index contributed by atoms with van der Waals surface area (Å²) in [7, 11) is 0. The molecule has 2 fully saturated rings. The van der Waals surface area contributed by atoms with Crippen LogP contribution in [0.1, 0.15) is 29.6 Å². The molecule has 0 aliphatic carbocycles. The van der Waals surface area contributed by atoms with Crippen LogP contribution in [0.4, 0.5) is 0 Å². The van der Waals surface area contributed by atoms with Gasteiger partial charge in [-0.3, -0.25) is 9.69 Å². The summed E-state index contributed by atoms with van der Waals surface area (Å²) in [5.41, 5.74) is 1.53. The second kappa shape index (κ2) is 7.37. The fourth-order valence-electron chi connectivity index (χ4n) is 3.75. The second-order valence-electron chi connectivity index (χ2n) is 6.78. The molecule has 2 aliphatic heterocycles. The minimum absolute atomic E-state index is 0.0495. The average molecular weight is 340 g/mol. The summed E-state index contributed by atoms with van der Waals surface area (Å²) in [5.74, 6) is -0.0495. The van der Waals surface area contributed by atoms with Gasteiger partial charge < -0.3 is 10.1 Å². The first-order chi connectivity index (χ1) is 12.3. The van der Waals surface area contributed by atoms with Crippen LogP contribution in [0, 0.1) is 0 Å². The third kappa shape index (κ3) is 3.60. The molecule has 6 nitrogen and oxygen atoms in total. The van der Waals surface area contributed by atoms with Gasteiger partial charge in [-0.15, -0.1) is 0 Å². The van der Waals surface area contributed by atoms with Gasteiger partial charge in [-0.1, -0.05) is 12.5 Å². The number of amides is 1. The Labute approximate surface area is 147 Å². The maximum atomic E-state index is 12.7. The molecule has 0 radical (unpaired) electrons. The molecule has 0 bridgehead atoms. The Bertz CT molecular complexity index is 710. The molecule has 25 heavy (non-hydrogen) atoms. The fraction of sp³-hybridized carbons (Fsp3) is 0.474. The lowest BCUT2D eigenvalue weighted by atomic mass is 10.0. The van der Waals surface area contributed by atoms with E-state index in [2.05, 4.69) is 15.3 Å². The molecule has 1 aromatic carbocycles. The zero-order chi connectivity index (χ0) is 17.1. The number of hydrogen-bond donors (Lipinski definition) is 1. The minimum atomic E-state index is -0.0495. The Balaban J connectivity index is 1.45. The number of nitrogens with one attached hydrogen (secondary N) is 1. The van der Waals surface area contributed by atoms with E-state index in [-0.39, 0.29) is 11.9 Å². The van der Waals surface area contributed by atoms with Crippen molar-refractivity contribution in [2.24, 2.45) is 0 Å². The molecule has 3 heterocycles. The SMILES string of the molecule is O=C(N[C@@H]1COC[C@H]1N1CCCCC1)c1cccc(-n2cccn2)c1. The van der Waals surface area contributed by atoms with Crippen LogP contribution in [0.25, 0.3) is 5.69 Å². The van der Waals surface area contributed by atoms with Gasteiger partial charge in [-0.2, -0.15) is 5.10 Å². The first-order valence-corrected chi connectivity index (χ1v) is 9.04. The molecule has 1 aromatic heterocycles. The number of ether oxygens (including phenoxy) is 1. The van der Waals surface area contributed by atoms with Gasteiger partial charge in [0, 0.05) is 18.0 Å². The van der Waals surface area contributed by atoms with Gasteiger partial charge in [-0.25, -0.2) is 4.68 Å². The van der Waals surface area contributed by atoms with Crippen molar-refractivity contribution in [2.75, 3.05) is 26.3 Å². The van der Waals surface area contributed by atoms with Gasteiger partial charge in [0.15, 0.2) is 0 Å². The lowest BCUT2D eigenvalue weighted by Gasteiger charge is -2.34. The lowest BCUT2D eigenvalue weighted by molar-refractivity contribution is 0.0900. The number of piperidine rings is 1. The van der Waals surface area contributed by atoms with Crippen LogP contribution in [0.3, 0.4) is 0 Å². The van der Waals surface area contributed by atoms with Gasteiger partial charge in [0.2, 0.25) is 0 Å². The van der Waals surface area contributed by atoms with Crippen LogP contribution < -0.4 is 5.32 Å². The largest absolute Gasteiger partial charge is 0.378 e. The Morgan fingerprint density at radius 3 is 2.84 bits per heavy atom. The second-order valence-corrected chi connectivity index (χ2v) is 6.78. The number of nitrogens with zero attached hydrogens (tertiary/aromatic N) is 3. The van der Waals surface area contributed by atoms with Crippen molar-refractivity contribution in [1.29, 1.82) is 0 Å². The van der Waals surface area contributed by atoms with Crippen molar-refractivity contribution >= 4 is 5.91 Å². The van der Waals surface area contributed by atoms with E-state index in [1.165, 1.54) is 19.3 Å². The Morgan fingerprint density at radius 1 is 1.16 bits per heavy atom. The molecule has 1 amide bonds. The fourth-order valence-corrected chi connectivity index (χ4v) is 3.75. The summed E-state index contributed by atoms with van der Waals surface area (Å²) >= 11 is 0. The smallest absolute Gasteiger partial charge is 0.251 e. The molecule has 4 rings (SSSR count). The summed E-state index contributed by atoms with van der Waals surface area (Å²) in [6.45, 7) is 3.51. The molecule has 2 aliphatic rings. The van der Waals surface area contributed by atoms with E-state index in [1.54, 1.807) is 10.9 Å². The molecule has 0 spiro atoms. The number of aromatic nitrogens is 2. The quantitative estimate of drug-likeness (QED) is 0.923. The first kappa shape index (κ1) is 16.3. The molecule has 1 N–H and O–H groups in total. The minimum Gasteiger partial charge on any atom is -0.378 e. The Kier molecular flexibility index (Phi) is 4.81. The third-order valence-corrected chi connectivity index (χ3v) is 5.10. The van der Waals surface area contributed by atoms with E-state index in [4.69, 9.17) is 4.74 Å². The van der Waals surface area contributed by atoms with E-state index in [0.29, 0.717) is 24.8 Å². The van der Waals surface area contributed by atoms with E-state index in [0.717, 1.165) is 18.8 Å². The van der Waals surface area contributed by atoms with E-state index < -0.39 is 0 Å². The number of hydrogen-bond acceptors (Lipinski definition) is 4. The highest BCUT2D eigenvalue weighted by Crippen LogP contribution is 2.19. The van der Waals surface area contributed by atoms with Crippen molar-refractivity contribution < 1.29 is 9.53 Å². The summed E-state index contributed by atoms with van der Waals surface area (Å²) in [5, 5.41) is 7.40. The predicted octanol–water partition coefficient (Wildman–Crippen LogP) is 1.86. The monoisotopic (exact) mass is 340 g/mol. The van der Waals surface area contributed by atoms with Crippen molar-refractivity contribution in [3.05, 3.63) is 48.3 Å². The predicted molar refractivity (Wildman–Crippen MR) is 94.8 cm³/mol. The summed E-state index contributed by atoms with van der Waals surface area (Å²) in [6.07, 6.45) is 7.38. The first-order valence-electron chi connectivity index (χ1n) is 9.04. The van der Waals surface area contributed by atoms with E-state index in [9.17, 15) is 4.79 Å². The van der Waals surface area contributed by atoms with Crippen LogP contribution >= 0.6 is 0 Å². The van der Waals surface area contributed by atoms with E-state index >= 15 is 0 Å². The van der Waals surface area contributed by atoms with Crippen LogP contribution in [0.2, 0.25) is 0 Å². The van der Waals surface area contributed by atoms with Crippen molar-refractivity contribution in [1.82, 2.24) is 20.0 Å². The highest BCUT2D eigenvalue weighted by Gasteiger charge is 2.34. The number of benzene rings is 1. The number of likely N-dealkylation sites (tertiary alicyclic amines) is 1. The van der Waals surface area contributed by atoms with Gasteiger partial charge >= 0.3 is 0 Å². The molecule has 2 saturated heterocycles. The number of rotatable bonds is 4. The van der Waals surface area contributed by atoms with Gasteiger partial charge in [0.1, 0.15) is 0 Å². The summed E-state index contributed by atoms with van der Waals surface area (Å²) in [4.78, 5) is 15.2. The van der Waals surface area contributed by atoms with Crippen LogP contribution in [-0.4, -0.2) is 59.0 Å². The standard InChI is InChI=1S/C19H24N4O2/c24-19(15-6-4-7-16(12-15)23-11-5-8-20-23)21-17-13-25-14-18(17)22-9-2-1-3-10-22/h4-8,11-12,17-18H,1-3,9-10,13-14H2,(H,21,24)/t17-,18-/m1/s1. The summed E-state index contributed by atoms with van der Waals surface area (Å²) < 4.78 is 7.43. The molecule has 0 saturated carbocycles. The molecule has 132 valence electrons. The van der Waals surface area contributed by atoms with Gasteiger partial charge in [0.25, 0.3) is 5.91 Å². The number of carbonyl (C=O) groups excluding carboxylic acids is 1. The Morgan fingerprint density at radius 2 is 2.04 bits per heavy atom. The Hall–Kier alpha value is -2.18. The van der Waals surface area contributed by atoms with Crippen LogP contribution in [0.15, 0.2) is 42.7 Å². The maximum Gasteiger partial charge on any atom is 0.251 e.